The minimum absolute atomic E-state index is 0.257. The Bertz CT molecular complexity index is 391. The van der Waals surface area contributed by atoms with E-state index in [9.17, 15) is 0 Å². The molecule has 0 fully saturated rings. The van der Waals surface area contributed by atoms with Gasteiger partial charge in [0.25, 0.3) is 0 Å². The first-order valence-corrected chi connectivity index (χ1v) is 8.58. The molecule has 2 rings (SSSR count). The highest BCUT2D eigenvalue weighted by molar-refractivity contribution is 6.31. The largest absolute Gasteiger partial charge is 0.508 e. The number of hydrogen-bond donors (Lipinski definition) is 2. The normalized spacial score (nSPS) is 9.29. The second-order valence-electron chi connectivity index (χ2n) is 3.80. The summed E-state index contributed by atoms with van der Waals surface area (Å²) >= 11 is 0. The third-order valence-electron chi connectivity index (χ3n) is 2.07. The van der Waals surface area contributed by atoms with Crippen LogP contribution in [0.2, 0.25) is 13.1 Å². The highest BCUT2D eigenvalue weighted by Crippen LogP contribution is 2.23. The summed E-state index contributed by atoms with van der Waals surface area (Å²) in [5, 5.41) is 18.2. The van der Waals surface area contributed by atoms with E-state index in [1.807, 2.05) is 24.3 Å². The van der Waals surface area contributed by atoms with Crippen molar-refractivity contribution in [3.63, 3.8) is 0 Å². The van der Waals surface area contributed by atoms with Gasteiger partial charge >= 0.3 is 0 Å². The van der Waals surface area contributed by atoms with Gasteiger partial charge in [-0.2, -0.15) is 0 Å². The van der Waals surface area contributed by atoms with Crippen molar-refractivity contribution in [3.05, 3.63) is 48.5 Å². The van der Waals surface area contributed by atoms with Crippen LogP contribution in [0.1, 0.15) is 0 Å². The van der Waals surface area contributed by atoms with Crippen LogP contribution < -0.4 is 0 Å². The Morgan fingerprint density at radius 3 is 1.12 bits per heavy atom. The highest BCUT2D eigenvalue weighted by Gasteiger charge is 1.96. The predicted octanol–water partition coefficient (Wildman–Crippen LogP) is 3.02. The standard InChI is InChI=1S/C12H10O2.C2H8Si/c13-11-5-1-9(2-6-11)10-3-7-12(14)8-4-10;1-3-2/h1-8,13-14H;3H2,1-2H3. The molecular weight excluding hydrogens is 228 g/mol. The molecule has 2 aromatic carbocycles. The summed E-state index contributed by atoms with van der Waals surface area (Å²) in [7, 11) is 0.417. The van der Waals surface area contributed by atoms with Gasteiger partial charge in [-0.05, 0) is 35.4 Å². The monoisotopic (exact) mass is 246 g/mol. The van der Waals surface area contributed by atoms with E-state index in [1.54, 1.807) is 24.3 Å². The molecule has 2 nitrogen and oxygen atoms in total. The number of rotatable bonds is 1. The van der Waals surface area contributed by atoms with Gasteiger partial charge in [-0.15, -0.1) is 0 Å². The van der Waals surface area contributed by atoms with Crippen molar-refractivity contribution in [3.8, 4) is 22.6 Å². The Balaban J connectivity index is 0.000000437. The van der Waals surface area contributed by atoms with Crippen molar-refractivity contribution in [2.45, 2.75) is 13.1 Å². The topological polar surface area (TPSA) is 40.5 Å². The van der Waals surface area contributed by atoms with Gasteiger partial charge in [0.15, 0.2) is 0 Å². The molecule has 0 saturated carbocycles. The van der Waals surface area contributed by atoms with E-state index in [1.165, 1.54) is 0 Å². The van der Waals surface area contributed by atoms with Crippen LogP contribution in [0.15, 0.2) is 48.5 Å². The smallest absolute Gasteiger partial charge is 0.115 e. The predicted molar refractivity (Wildman–Crippen MR) is 75.5 cm³/mol. The Labute approximate surface area is 104 Å². The summed E-state index contributed by atoms with van der Waals surface area (Å²) in [5.41, 5.74) is 2.03. The van der Waals surface area contributed by atoms with Crippen LogP contribution in [-0.4, -0.2) is 19.7 Å². The van der Waals surface area contributed by atoms with Crippen LogP contribution in [0.4, 0.5) is 0 Å². The van der Waals surface area contributed by atoms with Crippen molar-refractivity contribution < 1.29 is 10.2 Å². The molecule has 3 heteroatoms. The lowest BCUT2D eigenvalue weighted by Gasteiger charge is -2.01. The minimum Gasteiger partial charge on any atom is -0.508 e. The van der Waals surface area contributed by atoms with E-state index in [0.29, 0.717) is 9.52 Å². The maximum Gasteiger partial charge on any atom is 0.115 e. The SMILES string of the molecule is C[SiH2]C.Oc1ccc(-c2ccc(O)cc2)cc1. The fourth-order valence-electron chi connectivity index (χ4n) is 1.31. The number of phenols is 2. The zero-order chi connectivity index (χ0) is 12.7. The van der Waals surface area contributed by atoms with Crippen LogP contribution in [0.3, 0.4) is 0 Å². The molecule has 0 saturated heterocycles. The van der Waals surface area contributed by atoms with Crippen molar-refractivity contribution in [1.29, 1.82) is 0 Å². The second kappa shape index (κ2) is 6.76. The fourth-order valence-corrected chi connectivity index (χ4v) is 1.31. The molecule has 0 heterocycles. The molecule has 2 N–H and O–H groups in total. The van der Waals surface area contributed by atoms with Crippen molar-refractivity contribution >= 4 is 9.52 Å². The van der Waals surface area contributed by atoms with Crippen molar-refractivity contribution in [1.82, 2.24) is 0 Å². The summed E-state index contributed by atoms with van der Waals surface area (Å²) < 4.78 is 0. The molecule has 0 amide bonds. The zero-order valence-corrected chi connectivity index (χ0v) is 11.6. The van der Waals surface area contributed by atoms with Crippen LogP contribution in [-0.2, 0) is 0 Å². The second-order valence-corrected chi connectivity index (χ2v) is 5.22. The van der Waals surface area contributed by atoms with E-state index < -0.39 is 0 Å². The lowest BCUT2D eigenvalue weighted by Crippen LogP contribution is -1.75. The summed E-state index contributed by atoms with van der Waals surface area (Å²) in [5.74, 6) is 0.514. The average molecular weight is 246 g/mol. The van der Waals surface area contributed by atoms with E-state index >= 15 is 0 Å². The Hall–Kier alpha value is -1.74. The fraction of sp³-hybridized carbons (Fsp3) is 0.143. The number of aromatic hydroxyl groups is 2. The van der Waals surface area contributed by atoms with Crippen LogP contribution in [0.5, 0.6) is 11.5 Å². The molecule has 0 radical (unpaired) electrons. The van der Waals surface area contributed by atoms with Gasteiger partial charge in [0, 0.05) is 9.52 Å². The Morgan fingerprint density at radius 2 is 0.882 bits per heavy atom. The molecule has 0 aliphatic heterocycles. The molecule has 0 unspecified atom stereocenters. The lowest BCUT2D eigenvalue weighted by atomic mass is 10.1. The number of hydrogen-bond acceptors (Lipinski definition) is 2. The zero-order valence-electron chi connectivity index (χ0n) is 10.2. The molecule has 0 bridgehead atoms. The Morgan fingerprint density at radius 1 is 0.647 bits per heavy atom. The van der Waals surface area contributed by atoms with Gasteiger partial charge in [-0.25, -0.2) is 0 Å². The van der Waals surface area contributed by atoms with E-state index in [2.05, 4.69) is 13.1 Å². The van der Waals surface area contributed by atoms with Crippen molar-refractivity contribution in [2.75, 3.05) is 0 Å². The quantitative estimate of drug-likeness (QED) is 0.759. The summed E-state index contributed by atoms with van der Waals surface area (Å²) in [6, 6.07) is 13.9. The maximum absolute atomic E-state index is 9.11. The molecule has 0 aliphatic carbocycles. The number of benzene rings is 2. The van der Waals surface area contributed by atoms with Gasteiger partial charge in [-0.1, -0.05) is 37.4 Å². The number of phenolic OH excluding ortho intramolecular Hbond substituents is 2. The van der Waals surface area contributed by atoms with Crippen molar-refractivity contribution in [2.24, 2.45) is 0 Å². The van der Waals surface area contributed by atoms with Crippen LogP contribution in [0, 0.1) is 0 Å². The first-order valence-electron chi connectivity index (χ1n) is 5.75. The van der Waals surface area contributed by atoms with E-state index in [4.69, 9.17) is 10.2 Å². The maximum atomic E-state index is 9.11. The molecule has 17 heavy (non-hydrogen) atoms. The first kappa shape index (κ1) is 13.3. The Kier molecular flexibility index (Phi) is 5.30. The first-order chi connectivity index (χ1) is 8.17. The van der Waals surface area contributed by atoms with Gasteiger partial charge in [0.05, 0.1) is 0 Å². The minimum atomic E-state index is 0.257. The van der Waals surface area contributed by atoms with E-state index in [-0.39, 0.29) is 11.5 Å². The third kappa shape index (κ3) is 4.32. The molecule has 0 atom stereocenters. The van der Waals surface area contributed by atoms with Crippen LogP contribution in [0.25, 0.3) is 11.1 Å². The van der Waals surface area contributed by atoms with Crippen LogP contribution >= 0.6 is 0 Å². The summed E-state index contributed by atoms with van der Waals surface area (Å²) in [6.45, 7) is 4.53. The van der Waals surface area contributed by atoms with Gasteiger partial charge in [0.2, 0.25) is 0 Å². The third-order valence-corrected chi connectivity index (χ3v) is 2.07. The average Bonchev–Trinajstić information content (AvgIpc) is 2.32. The molecule has 0 spiro atoms. The van der Waals surface area contributed by atoms with Gasteiger partial charge in [-0.3, -0.25) is 0 Å². The summed E-state index contributed by atoms with van der Waals surface area (Å²) in [6.07, 6.45) is 0. The molecule has 90 valence electrons. The molecule has 2 aromatic rings. The summed E-state index contributed by atoms with van der Waals surface area (Å²) in [4.78, 5) is 0. The van der Waals surface area contributed by atoms with E-state index in [0.717, 1.165) is 11.1 Å². The van der Waals surface area contributed by atoms with Gasteiger partial charge in [0.1, 0.15) is 11.5 Å². The molecular formula is C14H18O2Si. The lowest BCUT2D eigenvalue weighted by molar-refractivity contribution is 0.474. The molecule has 0 aliphatic rings. The molecule has 0 aromatic heterocycles. The highest BCUT2D eigenvalue weighted by atomic mass is 28.2. The van der Waals surface area contributed by atoms with Gasteiger partial charge < -0.3 is 10.2 Å².